The summed E-state index contributed by atoms with van der Waals surface area (Å²) in [6.45, 7) is 0. The number of H-pyrrole nitrogens is 1. The van der Waals surface area contributed by atoms with Crippen molar-refractivity contribution in [3.63, 3.8) is 0 Å². The molecule has 0 saturated heterocycles. The van der Waals surface area contributed by atoms with Crippen LogP contribution in [0.2, 0.25) is 5.02 Å². The van der Waals surface area contributed by atoms with Crippen molar-refractivity contribution in [2.75, 3.05) is 5.33 Å². The summed E-state index contributed by atoms with van der Waals surface area (Å²) in [4.78, 5) is 7.04. The van der Waals surface area contributed by atoms with E-state index in [9.17, 15) is 10.2 Å². The van der Waals surface area contributed by atoms with Gasteiger partial charge in [-0.3, -0.25) is 0 Å². The summed E-state index contributed by atoms with van der Waals surface area (Å²) < 4.78 is 0. The van der Waals surface area contributed by atoms with Crippen LogP contribution in [0, 0.1) is 0 Å². The van der Waals surface area contributed by atoms with Crippen LogP contribution in [0.3, 0.4) is 0 Å². The second-order valence-corrected chi connectivity index (χ2v) is 4.95. The summed E-state index contributed by atoms with van der Waals surface area (Å²) in [5.41, 5.74) is 1.18. The van der Waals surface area contributed by atoms with Crippen molar-refractivity contribution >= 4 is 38.6 Å². The van der Waals surface area contributed by atoms with Crippen LogP contribution >= 0.6 is 27.5 Å². The number of fused-ring (bicyclic) bond motifs is 1. The zero-order chi connectivity index (χ0) is 12.4. The van der Waals surface area contributed by atoms with Gasteiger partial charge in [-0.05, 0) is 12.5 Å². The minimum Gasteiger partial charge on any atom is -0.390 e. The molecule has 0 aromatic carbocycles. The number of hydrogen-bond donors (Lipinski definition) is 3. The Kier molecular flexibility index (Phi) is 4.04. The lowest BCUT2D eigenvalue weighted by molar-refractivity contribution is 0.0182. The van der Waals surface area contributed by atoms with E-state index in [0.717, 1.165) is 0 Å². The van der Waals surface area contributed by atoms with Gasteiger partial charge in [0.15, 0.2) is 0 Å². The lowest BCUT2D eigenvalue weighted by atomic mass is 10.0. The first-order valence-electron chi connectivity index (χ1n) is 5.18. The Morgan fingerprint density at radius 2 is 2.24 bits per heavy atom. The molecule has 4 nitrogen and oxygen atoms in total. The van der Waals surface area contributed by atoms with Gasteiger partial charge in [0.05, 0.1) is 11.1 Å². The molecule has 2 unspecified atom stereocenters. The second-order valence-electron chi connectivity index (χ2n) is 3.75. The molecule has 2 heterocycles. The van der Waals surface area contributed by atoms with Crippen LogP contribution in [0.1, 0.15) is 18.1 Å². The van der Waals surface area contributed by atoms with E-state index in [1.165, 1.54) is 0 Å². The first-order chi connectivity index (χ1) is 8.15. The molecule has 0 radical (unpaired) electrons. The maximum atomic E-state index is 10.1. The maximum absolute atomic E-state index is 10.1. The van der Waals surface area contributed by atoms with Gasteiger partial charge in [-0.2, -0.15) is 0 Å². The third-order valence-electron chi connectivity index (χ3n) is 2.64. The molecule has 92 valence electrons. The number of aliphatic hydroxyl groups excluding tert-OH is 2. The van der Waals surface area contributed by atoms with Gasteiger partial charge in [0, 0.05) is 28.7 Å². The lowest BCUT2D eigenvalue weighted by Crippen LogP contribution is -2.18. The number of pyridine rings is 1. The third kappa shape index (κ3) is 2.47. The first-order valence-corrected chi connectivity index (χ1v) is 6.68. The number of nitrogens with zero attached hydrogens (tertiary/aromatic N) is 1. The molecule has 3 N–H and O–H groups in total. The highest BCUT2D eigenvalue weighted by Crippen LogP contribution is 2.31. The zero-order valence-corrected chi connectivity index (χ0v) is 11.2. The number of aromatic amines is 1. The minimum atomic E-state index is -0.969. The fourth-order valence-electron chi connectivity index (χ4n) is 1.75. The molecular formula is C11H12BrClN2O2. The van der Waals surface area contributed by atoms with Gasteiger partial charge in [-0.15, -0.1) is 0 Å². The largest absolute Gasteiger partial charge is 0.390 e. The Labute approximate surface area is 112 Å². The number of halogens is 2. The van der Waals surface area contributed by atoms with Crippen molar-refractivity contribution in [1.82, 2.24) is 9.97 Å². The molecule has 2 rings (SSSR count). The van der Waals surface area contributed by atoms with Gasteiger partial charge in [-0.1, -0.05) is 27.5 Å². The van der Waals surface area contributed by atoms with Crippen molar-refractivity contribution < 1.29 is 10.2 Å². The molecule has 0 fully saturated rings. The molecule has 0 amide bonds. The number of aromatic nitrogens is 2. The fraction of sp³-hybridized carbons (Fsp3) is 0.364. The molecule has 0 aliphatic carbocycles. The van der Waals surface area contributed by atoms with Gasteiger partial charge < -0.3 is 15.2 Å². The Balaban J connectivity index is 2.42. The average molecular weight is 320 g/mol. The molecule has 2 aromatic rings. The predicted octanol–water partition coefficient (Wildman–Crippen LogP) is 2.40. The molecule has 0 spiro atoms. The summed E-state index contributed by atoms with van der Waals surface area (Å²) in [7, 11) is 0. The Bertz CT molecular complexity index is 517. The zero-order valence-electron chi connectivity index (χ0n) is 8.90. The van der Waals surface area contributed by atoms with Gasteiger partial charge >= 0.3 is 0 Å². The van der Waals surface area contributed by atoms with E-state index in [1.54, 1.807) is 18.5 Å². The highest BCUT2D eigenvalue weighted by molar-refractivity contribution is 9.09. The van der Waals surface area contributed by atoms with Crippen molar-refractivity contribution in [2.24, 2.45) is 0 Å². The normalized spacial score (nSPS) is 15.1. The highest BCUT2D eigenvalue weighted by atomic mass is 79.9. The van der Waals surface area contributed by atoms with E-state index in [1.807, 2.05) is 0 Å². The van der Waals surface area contributed by atoms with E-state index in [-0.39, 0.29) is 0 Å². The quantitative estimate of drug-likeness (QED) is 0.758. The van der Waals surface area contributed by atoms with Crippen LogP contribution in [0.15, 0.2) is 18.5 Å². The Morgan fingerprint density at radius 3 is 2.94 bits per heavy atom. The van der Waals surface area contributed by atoms with E-state index < -0.39 is 12.2 Å². The summed E-state index contributed by atoms with van der Waals surface area (Å²) in [5.74, 6) is 0. The summed E-state index contributed by atoms with van der Waals surface area (Å²) in [5, 5.41) is 21.6. The number of aliphatic hydroxyl groups is 2. The molecule has 17 heavy (non-hydrogen) atoms. The SMILES string of the molecule is OC(CCBr)C(O)c1c[nH]c2nccc(Cl)c12. The van der Waals surface area contributed by atoms with E-state index >= 15 is 0 Å². The number of hydrogen-bond acceptors (Lipinski definition) is 3. The molecule has 0 saturated carbocycles. The molecule has 2 aromatic heterocycles. The highest BCUT2D eigenvalue weighted by Gasteiger charge is 2.22. The minimum absolute atomic E-state index is 0.464. The summed E-state index contributed by atoms with van der Waals surface area (Å²) in [6.07, 6.45) is 1.89. The fourth-order valence-corrected chi connectivity index (χ4v) is 2.47. The van der Waals surface area contributed by atoms with E-state index in [2.05, 4.69) is 25.9 Å². The Hall–Kier alpha value is -0.620. The standard InChI is InChI=1S/C11H12BrClN2O2/c12-3-1-8(16)10(17)6-5-15-11-9(6)7(13)2-4-14-11/h2,4-5,8,10,16-17H,1,3H2,(H,14,15). The van der Waals surface area contributed by atoms with E-state index in [0.29, 0.717) is 33.4 Å². The van der Waals surface area contributed by atoms with Crippen LogP contribution in [-0.4, -0.2) is 31.6 Å². The number of alkyl halides is 1. The van der Waals surface area contributed by atoms with Gasteiger partial charge in [0.1, 0.15) is 11.8 Å². The average Bonchev–Trinajstić information content (AvgIpc) is 2.73. The molecule has 2 atom stereocenters. The van der Waals surface area contributed by atoms with Gasteiger partial charge in [0.25, 0.3) is 0 Å². The molecular weight excluding hydrogens is 307 g/mol. The monoisotopic (exact) mass is 318 g/mol. The van der Waals surface area contributed by atoms with Crippen LogP contribution in [0.25, 0.3) is 11.0 Å². The molecule has 0 aliphatic heterocycles. The topological polar surface area (TPSA) is 69.1 Å². The van der Waals surface area contributed by atoms with Crippen LogP contribution in [-0.2, 0) is 0 Å². The van der Waals surface area contributed by atoms with Gasteiger partial charge in [-0.25, -0.2) is 4.98 Å². The lowest BCUT2D eigenvalue weighted by Gasteiger charge is -2.16. The molecule has 0 aliphatic rings. The second kappa shape index (κ2) is 5.35. The van der Waals surface area contributed by atoms with Crippen molar-refractivity contribution in [2.45, 2.75) is 18.6 Å². The van der Waals surface area contributed by atoms with Crippen LogP contribution < -0.4 is 0 Å². The summed E-state index contributed by atoms with van der Waals surface area (Å²) in [6, 6.07) is 1.66. The first kappa shape index (κ1) is 12.8. The number of nitrogens with one attached hydrogen (secondary N) is 1. The van der Waals surface area contributed by atoms with Crippen LogP contribution in [0.5, 0.6) is 0 Å². The molecule has 6 heteroatoms. The number of rotatable bonds is 4. The van der Waals surface area contributed by atoms with Crippen molar-refractivity contribution in [1.29, 1.82) is 0 Å². The predicted molar refractivity (Wildman–Crippen MR) is 70.5 cm³/mol. The summed E-state index contributed by atoms with van der Waals surface area (Å²) >= 11 is 9.30. The maximum Gasteiger partial charge on any atom is 0.139 e. The molecule has 0 bridgehead atoms. The Morgan fingerprint density at radius 1 is 1.47 bits per heavy atom. The van der Waals surface area contributed by atoms with Crippen molar-refractivity contribution in [3.8, 4) is 0 Å². The van der Waals surface area contributed by atoms with Gasteiger partial charge in [0.2, 0.25) is 0 Å². The van der Waals surface area contributed by atoms with E-state index in [4.69, 9.17) is 11.6 Å². The smallest absolute Gasteiger partial charge is 0.139 e. The van der Waals surface area contributed by atoms with Crippen LogP contribution in [0.4, 0.5) is 0 Å². The van der Waals surface area contributed by atoms with Crippen molar-refractivity contribution in [3.05, 3.63) is 29.0 Å². The third-order valence-corrected chi connectivity index (χ3v) is 3.41.